The summed E-state index contributed by atoms with van der Waals surface area (Å²) in [5.74, 6) is -0.401. The van der Waals surface area contributed by atoms with Gasteiger partial charge in [0, 0.05) is 35.7 Å². The number of hydrogen-bond donors (Lipinski definition) is 1. The molecule has 0 radical (unpaired) electrons. The molecule has 5 aromatic rings. The van der Waals surface area contributed by atoms with Crippen molar-refractivity contribution in [1.29, 1.82) is 0 Å². The molecule has 224 valence electrons. The molecule has 0 aliphatic rings. The molecule has 0 aliphatic carbocycles. The van der Waals surface area contributed by atoms with Crippen molar-refractivity contribution in [3.8, 4) is 0 Å². The number of primary amides is 1. The van der Waals surface area contributed by atoms with Gasteiger partial charge in [0.2, 0.25) is 5.69 Å². The normalized spacial score (nSPS) is 9.93. The van der Waals surface area contributed by atoms with Crippen LogP contribution in [0.2, 0.25) is 0 Å². The predicted octanol–water partition coefficient (Wildman–Crippen LogP) is 6.56. The maximum atomic E-state index is 11.0. The highest BCUT2D eigenvalue weighted by Crippen LogP contribution is 2.06. The number of nitrogens with two attached hydrogens (primary N) is 1. The molecule has 0 unspecified atom stereocenters. The largest absolute Gasteiger partial charge is 0.365 e. The Labute approximate surface area is 262 Å². The van der Waals surface area contributed by atoms with Gasteiger partial charge in [0.05, 0.1) is 6.57 Å². The second kappa shape index (κ2) is 19.1. The Hall–Kier alpha value is -5.15. The molecule has 6 nitrogen and oxygen atoms in total. The van der Waals surface area contributed by atoms with E-state index in [0.717, 1.165) is 25.3 Å². The van der Waals surface area contributed by atoms with Gasteiger partial charge in [0.25, 0.3) is 5.91 Å². The number of nitrogens with zero attached hydrogens (tertiary/aromatic N) is 4. The van der Waals surface area contributed by atoms with Gasteiger partial charge in [0.15, 0.2) is 50.3 Å². The lowest BCUT2D eigenvalue weighted by atomic mass is 10.2. The summed E-state index contributed by atoms with van der Waals surface area (Å²) in [7, 11) is 0. The summed E-state index contributed by atoms with van der Waals surface area (Å²) in [6.45, 7) is 13.9. The van der Waals surface area contributed by atoms with Gasteiger partial charge in [-0.3, -0.25) is 4.79 Å². The number of hydrogen-bond acceptors (Lipinski definition) is 1. The zero-order valence-electron chi connectivity index (χ0n) is 25.9. The summed E-state index contributed by atoms with van der Waals surface area (Å²) in [5, 5.41) is 0. The van der Waals surface area contributed by atoms with Gasteiger partial charge in [-0.15, -0.1) is 0 Å². The van der Waals surface area contributed by atoms with Crippen LogP contribution in [0.1, 0.15) is 59.7 Å². The molecule has 2 N–H and O–H groups in total. The lowest BCUT2D eigenvalue weighted by Crippen LogP contribution is -2.35. The van der Waals surface area contributed by atoms with Gasteiger partial charge in [-0.05, 0) is 37.1 Å². The van der Waals surface area contributed by atoms with Crippen LogP contribution in [0.15, 0.2) is 134 Å². The standard InChI is InChI=1S/C13H12N2O.C13H14N.C12H17N2/c14-13(16)12-7-4-8-15(10-12)9-11-5-2-1-3-6-11;1-12-7-9-14(10-8-12)11-13-5-3-2-4-6-13;1-3-4-5-6-9-14-10-7-8-12(11-14)13-2/h1-8,10H,9H2,(H-,14,16);2-10H,11H2,1H3;7-8,10-11H,3-6,9H2,1H3/q;2*+1/p+1. The van der Waals surface area contributed by atoms with E-state index in [9.17, 15) is 4.79 Å². The van der Waals surface area contributed by atoms with Crippen molar-refractivity contribution in [2.24, 2.45) is 5.73 Å². The van der Waals surface area contributed by atoms with Gasteiger partial charge in [-0.1, -0.05) is 80.4 Å². The first-order chi connectivity index (χ1) is 21.5. The number of benzene rings is 2. The average Bonchev–Trinajstić information content (AvgIpc) is 3.06. The van der Waals surface area contributed by atoms with Crippen molar-refractivity contribution < 1.29 is 18.5 Å². The third kappa shape index (κ3) is 12.8. The van der Waals surface area contributed by atoms with Crippen molar-refractivity contribution >= 4 is 11.6 Å². The molecule has 0 fully saturated rings. The molecule has 5 rings (SSSR count). The van der Waals surface area contributed by atoms with Crippen molar-refractivity contribution in [3.05, 3.63) is 168 Å². The lowest BCUT2D eigenvalue weighted by molar-refractivity contribution is -0.696. The van der Waals surface area contributed by atoms with E-state index < -0.39 is 5.91 Å². The third-order valence-electron chi connectivity index (χ3n) is 6.86. The van der Waals surface area contributed by atoms with Crippen LogP contribution >= 0.6 is 0 Å². The highest BCUT2D eigenvalue weighted by molar-refractivity contribution is 5.92. The minimum Gasteiger partial charge on any atom is -0.365 e. The van der Waals surface area contributed by atoms with Crippen LogP contribution in [0.5, 0.6) is 0 Å². The van der Waals surface area contributed by atoms with Crippen molar-refractivity contribution in [1.82, 2.24) is 0 Å². The van der Waals surface area contributed by atoms with E-state index in [1.165, 1.54) is 42.4 Å². The number of aromatic nitrogens is 3. The molecule has 3 aromatic heterocycles. The quantitative estimate of drug-likeness (QED) is 0.113. The molecular weight excluding hydrogens is 542 g/mol. The Morgan fingerprint density at radius 2 is 1.27 bits per heavy atom. The van der Waals surface area contributed by atoms with Gasteiger partial charge in [-0.25, -0.2) is 14.0 Å². The molecule has 0 bridgehead atoms. The van der Waals surface area contributed by atoms with E-state index in [4.69, 9.17) is 12.3 Å². The van der Waals surface area contributed by atoms with Gasteiger partial charge < -0.3 is 5.73 Å². The van der Waals surface area contributed by atoms with Crippen LogP contribution in [-0.2, 0) is 19.6 Å². The number of amides is 1. The minimum absolute atomic E-state index is 0.401. The predicted molar refractivity (Wildman–Crippen MR) is 175 cm³/mol. The SMILES string of the molecule is Cc1cc[n+](Cc2ccccc2)cc1.NC(=O)c1ccc[n+](Cc2ccccc2)c1.[C-]#[N+]c1ccc[n+](CCCCCC)c1. The zero-order chi connectivity index (χ0) is 31.4. The van der Waals surface area contributed by atoms with E-state index in [2.05, 4.69) is 76.6 Å². The van der Waals surface area contributed by atoms with Gasteiger partial charge in [0.1, 0.15) is 12.1 Å². The van der Waals surface area contributed by atoms with Crippen LogP contribution in [0.3, 0.4) is 0 Å². The minimum atomic E-state index is -0.401. The first-order valence-electron chi connectivity index (χ1n) is 15.2. The molecule has 44 heavy (non-hydrogen) atoms. The number of carbonyl (C=O) groups is 1. The maximum Gasteiger partial charge on any atom is 0.254 e. The highest BCUT2D eigenvalue weighted by Gasteiger charge is 2.07. The number of unbranched alkanes of at least 4 members (excludes halogenated alkanes) is 3. The fourth-order valence-electron chi connectivity index (χ4n) is 4.43. The second-order valence-electron chi connectivity index (χ2n) is 10.6. The van der Waals surface area contributed by atoms with E-state index in [0.29, 0.717) is 5.56 Å². The topological polar surface area (TPSA) is 59.1 Å². The lowest BCUT2D eigenvalue weighted by Gasteiger charge is -1.98. The number of aryl methyl sites for hydroxylation is 2. The maximum absolute atomic E-state index is 11.0. The zero-order valence-corrected chi connectivity index (χ0v) is 25.9. The third-order valence-corrected chi connectivity index (χ3v) is 6.86. The summed E-state index contributed by atoms with van der Waals surface area (Å²) in [6, 6.07) is 32.1. The summed E-state index contributed by atoms with van der Waals surface area (Å²) in [5.41, 5.74) is 10.3. The summed E-state index contributed by atoms with van der Waals surface area (Å²) in [6.07, 6.45) is 16.9. The Kier molecular flexibility index (Phi) is 14.5. The number of rotatable bonds is 10. The molecule has 0 saturated heterocycles. The summed E-state index contributed by atoms with van der Waals surface area (Å²) >= 11 is 0. The van der Waals surface area contributed by atoms with Crippen LogP contribution in [-0.4, -0.2) is 5.91 Å². The van der Waals surface area contributed by atoms with Crippen molar-refractivity contribution in [3.63, 3.8) is 0 Å². The first kappa shape index (κ1) is 33.4. The molecule has 0 aliphatic heterocycles. The highest BCUT2D eigenvalue weighted by atomic mass is 16.1. The van der Waals surface area contributed by atoms with Crippen LogP contribution in [0, 0.1) is 13.5 Å². The van der Waals surface area contributed by atoms with Crippen LogP contribution < -0.4 is 19.4 Å². The number of pyridine rings is 3. The van der Waals surface area contributed by atoms with E-state index in [-0.39, 0.29) is 0 Å². The second-order valence-corrected chi connectivity index (χ2v) is 10.6. The van der Waals surface area contributed by atoms with E-state index in [1.807, 2.05) is 77.8 Å². The molecule has 0 atom stereocenters. The average molecular weight is 587 g/mol. The van der Waals surface area contributed by atoms with E-state index in [1.54, 1.807) is 12.3 Å². The van der Waals surface area contributed by atoms with Crippen molar-refractivity contribution in [2.45, 2.75) is 59.2 Å². The van der Waals surface area contributed by atoms with Crippen LogP contribution in [0.4, 0.5) is 5.69 Å². The first-order valence-corrected chi connectivity index (χ1v) is 15.2. The molecule has 3 heterocycles. The molecule has 0 saturated carbocycles. The summed E-state index contributed by atoms with van der Waals surface area (Å²) < 4.78 is 6.22. The van der Waals surface area contributed by atoms with Gasteiger partial charge >= 0.3 is 0 Å². The summed E-state index contributed by atoms with van der Waals surface area (Å²) in [4.78, 5) is 14.4. The van der Waals surface area contributed by atoms with Gasteiger partial charge in [-0.2, -0.15) is 4.57 Å². The Bertz CT molecular complexity index is 1580. The van der Waals surface area contributed by atoms with E-state index >= 15 is 0 Å². The molecule has 6 heteroatoms. The monoisotopic (exact) mass is 586 g/mol. The fraction of sp³-hybridized carbons (Fsp3) is 0.237. The molecule has 0 spiro atoms. The smallest absolute Gasteiger partial charge is 0.254 e. The van der Waals surface area contributed by atoms with Crippen molar-refractivity contribution in [2.75, 3.05) is 0 Å². The Morgan fingerprint density at radius 1 is 0.682 bits per heavy atom. The number of carbonyl (C=O) groups excluding carboxylic acids is 1. The fourth-order valence-corrected chi connectivity index (χ4v) is 4.43. The Morgan fingerprint density at radius 3 is 1.86 bits per heavy atom. The molecule has 1 amide bonds. The van der Waals surface area contributed by atoms with Crippen LogP contribution in [0.25, 0.3) is 4.85 Å². The Balaban J connectivity index is 0.000000181. The molecule has 2 aromatic carbocycles. The molecular formula is C38H44N5O+3.